The van der Waals surface area contributed by atoms with E-state index < -0.39 is 0 Å². The van der Waals surface area contributed by atoms with Gasteiger partial charge in [0.2, 0.25) is 0 Å². The first-order valence-corrected chi connectivity index (χ1v) is 4.84. The third-order valence-electron chi connectivity index (χ3n) is 2.25. The zero-order valence-electron chi connectivity index (χ0n) is 8.20. The topological polar surface area (TPSA) is 35.0 Å². The summed E-state index contributed by atoms with van der Waals surface area (Å²) in [5.74, 6) is 0. The van der Waals surface area contributed by atoms with Gasteiger partial charge in [-0.1, -0.05) is 42.5 Å². The van der Waals surface area contributed by atoms with Gasteiger partial charge in [-0.25, -0.2) is 0 Å². The second-order valence-electron chi connectivity index (χ2n) is 3.18. The first kappa shape index (κ1) is 11.0. The Morgan fingerprint density at radius 1 is 1.00 bits per heavy atom. The maximum absolute atomic E-state index is 6.08. The molecule has 0 radical (unpaired) electrons. The molecule has 0 spiro atoms. The molecule has 1 unspecified atom stereocenters. The standard InChI is InChI=1S/C12H11Cl.H3N/c1-9(13)11-8-4-6-10-5-2-3-7-12(10)11;/h2-9H,1H3;1H3. The van der Waals surface area contributed by atoms with E-state index in [1.807, 2.05) is 19.1 Å². The van der Waals surface area contributed by atoms with Crippen LogP contribution in [0.15, 0.2) is 42.5 Å². The number of rotatable bonds is 1. The van der Waals surface area contributed by atoms with E-state index in [9.17, 15) is 0 Å². The molecule has 0 saturated heterocycles. The van der Waals surface area contributed by atoms with E-state index in [-0.39, 0.29) is 11.5 Å². The largest absolute Gasteiger partial charge is 0.344 e. The molecular weight excluding hydrogens is 194 g/mol. The van der Waals surface area contributed by atoms with Crippen LogP contribution in [0.2, 0.25) is 0 Å². The molecule has 0 saturated carbocycles. The number of benzene rings is 2. The molecule has 2 aromatic rings. The zero-order valence-corrected chi connectivity index (χ0v) is 8.96. The molecule has 0 bridgehead atoms. The summed E-state index contributed by atoms with van der Waals surface area (Å²) >= 11 is 6.08. The second kappa shape index (κ2) is 4.45. The van der Waals surface area contributed by atoms with Crippen LogP contribution in [0.25, 0.3) is 10.8 Å². The molecule has 1 nitrogen and oxygen atoms in total. The minimum atomic E-state index is 0. The molecule has 0 aromatic heterocycles. The molecule has 2 heteroatoms. The van der Waals surface area contributed by atoms with Crippen LogP contribution in [-0.2, 0) is 0 Å². The van der Waals surface area contributed by atoms with Crippen LogP contribution >= 0.6 is 11.6 Å². The quantitative estimate of drug-likeness (QED) is 0.696. The molecule has 14 heavy (non-hydrogen) atoms. The van der Waals surface area contributed by atoms with Gasteiger partial charge in [-0.15, -0.1) is 11.6 Å². The van der Waals surface area contributed by atoms with Crippen LogP contribution in [-0.4, -0.2) is 0 Å². The van der Waals surface area contributed by atoms with E-state index >= 15 is 0 Å². The normalized spacial score (nSPS) is 12.1. The predicted octanol–water partition coefficient (Wildman–Crippen LogP) is 4.30. The SMILES string of the molecule is CC(Cl)c1cccc2ccccc12.N. The molecular formula is C12H14ClN. The van der Waals surface area contributed by atoms with E-state index in [0.717, 1.165) is 0 Å². The summed E-state index contributed by atoms with van der Waals surface area (Å²) in [6, 6.07) is 14.6. The van der Waals surface area contributed by atoms with Crippen molar-refractivity contribution in [2.75, 3.05) is 0 Å². The lowest BCUT2D eigenvalue weighted by Gasteiger charge is -2.07. The lowest BCUT2D eigenvalue weighted by molar-refractivity contribution is 1.10. The van der Waals surface area contributed by atoms with Gasteiger partial charge in [-0.05, 0) is 23.3 Å². The Balaban J connectivity index is 0.000000980. The van der Waals surface area contributed by atoms with Crippen molar-refractivity contribution in [2.45, 2.75) is 12.3 Å². The summed E-state index contributed by atoms with van der Waals surface area (Å²) in [6.07, 6.45) is 0. The summed E-state index contributed by atoms with van der Waals surface area (Å²) < 4.78 is 0. The lowest BCUT2D eigenvalue weighted by Crippen LogP contribution is -1.85. The molecule has 0 heterocycles. The Morgan fingerprint density at radius 2 is 1.64 bits per heavy atom. The van der Waals surface area contributed by atoms with Crippen molar-refractivity contribution in [3.05, 3.63) is 48.0 Å². The van der Waals surface area contributed by atoms with Crippen LogP contribution < -0.4 is 6.15 Å². The van der Waals surface area contributed by atoms with Gasteiger partial charge in [-0.3, -0.25) is 0 Å². The highest BCUT2D eigenvalue weighted by molar-refractivity contribution is 6.21. The Kier molecular flexibility index (Phi) is 3.50. The van der Waals surface area contributed by atoms with Gasteiger partial charge in [0.1, 0.15) is 0 Å². The molecule has 3 N–H and O–H groups in total. The molecule has 0 amide bonds. The van der Waals surface area contributed by atoms with E-state index in [4.69, 9.17) is 11.6 Å². The van der Waals surface area contributed by atoms with E-state index in [0.29, 0.717) is 0 Å². The first-order chi connectivity index (χ1) is 6.29. The number of hydrogen-bond acceptors (Lipinski definition) is 1. The summed E-state index contributed by atoms with van der Waals surface area (Å²) in [5.41, 5.74) is 1.21. The van der Waals surface area contributed by atoms with Crippen LogP contribution in [0.3, 0.4) is 0 Å². The maximum atomic E-state index is 6.08. The first-order valence-electron chi connectivity index (χ1n) is 4.41. The van der Waals surface area contributed by atoms with Crippen molar-refractivity contribution in [3.63, 3.8) is 0 Å². The summed E-state index contributed by atoms with van der Waals surface area (Å²) in [5, 5.41) is 2.59. The fourth-order valence-corrected chi connectivity index (χ4v) is 1.79. The third-order valence-corrected chi connectivity index (χ3v) is 2.49. The number of alkyl halides is 1. The smallest absolute Gasteiger partial charge is 0.0563 e. The van der Waals surface area contributed by atoms with E-state index in [1.165, 1.54) is 16.3 Å². The van der Waals surface area contributed by atoms with Crippen molar-refractivity contribution in [3.8, 4) is 0 Å². The molecule has 2 aromatic carbocycles. The summed E-state index contributed by atoms with van der Waals surface area (Å²) in [7, 11) is 0. The maximum Gasteiger partial charge on any atom is 0.0563 e. The highest BCUT2D eigenvalue weighted by atomic mass is 35.5. The van der Waals surface area contributed by atoms with E-state index in [1.54, 1.807) is 0 Å². The highest BCUT2D eigenvalue weighted by Crippen LogP contribution is 2.27. The van der Waals surface area contributed by atoms with Crippen molar-refractivity contribution in [2.24, 2.45) is 0 Å². The fraction of sp³-hybridized carbons (Fsp3) is 0.167. The average Bonchev–Trinajstić information content (AvgIpc) is 2.17. The molecule has 1 atom stereocenters. The molecule has 0 aliphatic carbocycles. The van der Waals surface area contributed by atoms with Gasteiger partial charge in [0.15, 0.2) is 0 Å². The molecule has 0 aliphatic heterocycles. The van der Waals surface area contributed by atoms with Crippen LogP contribution in [0.5, 0.6) is 0 Å². The second-order valence-corrected chi connectivity index (χ2v) is 3.84. The Morgan fingerprint density at radius 3 is 2.36 bits per heavy atom. The van der Waals surface area contributed by atoms with Gasteiger partial charge < -0.3 is 6.15 Å². The van der Waals surface area contributed by atoms with Gasteiger partial charge in [0, 0.05) is 0 Å². The van der Waals surface area contributed by atoms with Crippen molar-refractivity contribution >= 4 is 22.4 Å². The summed E-state index contributed by atoms with van der Waals surface area (Å²) in [6.45, 7) is 2.00. The van der Waals surface area contributed by atoms with Crippen LogP contribution in [0, 0.1) is 0 Å². The number of fused-ring (bicyclic) bond motifs is 1. The van der Waals surface area contributed by atoms with Gasteiger partial charge in [0.25, 0.3) is 0 Å². The minimum Gasteiger partial charge on any atom is -0.344 e. The Hall–Kier alpha value is -1.05. The lowest BCUT2D eigenvalue weighted by atomic mass is 10.0. The van der Waals surface area contributed by atoms with Crippen molar-refractivity contribution in [1.29, 1.82) is 0 Å². The monoisotopic (exact) mass is 207 g/mol. The van der Waals surface area contributed by atoms with Gasteiger partial charge in [0.05, 0.1) is 5.38 Å². The minimum absolute atomic E-state index is 0. The van der Waals surface area contributed by atoms with E-state index in [2.05, 4.69) is 30.3 Å². The summed E-state index contributed by atoms with van der Waals surface area (Å²) in [4.78, 5) is 0. The number of hydrogen-bond donors (Lipinski definition) is 1. The Labute approximate surface area is 89.3 Å². The van der Waals surface area contributed by atoms with Gasteiger partial charge >= 0.3 is 0 Å². The average molecular weight is 208 g/mol. The fourth-order valence-electron chi connectivity index (χ4n) is 1.60. The third kappa shape index (κ3) is 1.89. The highest BCUT2D eigenvalue weighted by Gasteiger charge is 2.04. The van der Waals surface area contributed by atoms with Gasteiger partial charge in [-0.2, -0.15) is 0 Å². The van der Waals surface area contributed by atoms with Crippen LogP contribution in [0.1, 0.15) is 17.9 Å². The predicted molar refractivity (Wildman–Crippen MR) is 63.2 cm³/mol. The van der Waals surface area contributed by atoms with Crippen LogP contribution in [0.4, 0.5) is 0 Å². The van der Waals surface area contributed by atoms with Crippen molar-refractivity contribution < 1.29 is 0 Å². The molecule has 74 valence electrons. The Bertz CT molecular complexity index is 418. The molecule has 2 rings (SSSR count). The molecule has 0 fully saturated rings. The van der Waals surface area contributed by atoms with Crippen molar-refractivity contribution in [1.82, 2.24) is 6.15 Å². The molecule has 0 aliphatic rings. The number of halogens is 1. The zero-order chi connectivity index (χ0) is 9.26.